The van der Waals surface area contributed by atoms with Gasteiger partial charge in [0.1, 0.15) is 5.82 Å². The first-order valence-electron chi connectivity index (χ1n) is 13.0. The zero-order chi connectivity index (χ0) is 26.1. The van der Waals surface area contributed by atoms with Gasteiger partial charge in [-0.15, -0.1) is 0 Å². The molecule has 0 radical (unpaired) electrons. The SMILES string of the molecule is COc1cc(-c2cc3c(N[C@H]4CC[C@H](CN5CCCC5)CC4)c(C(C)=O)cnc3cc2F)cc(Cl)c1O. The normalized spacial score (nSPS) is 20.3. The second kappa shape index (κ2) is 10.8. The third-order valence-corrected chi connectivity index (χ3v) is 8.09. The number of fused-ring (bicyclic) bond motifs is 1. The van der Waals surface area contributed by atoms with Gasteiger partial charge in [0.25, 0.3) is 0 Å². The Morgan fingerprint density at radius 1 is 1.19 bits per heavy atom. The van der Waals surface area contributed by atoms with Gasteiger partial charge in [-0.05, 0) is 88.2 Å². The largest absolute Gasteiger partial charge is 0.503 e. The van der Waals surface area contributed by atoms with Crippen molar-refractivity contribution in [1.29, 1.82) is 0 Å². The van der Waals surface area contributed by atoms with Crippen molar-refractivity contribution in [2.45, 2.75) is 51.5 Å². The molecule has 0 bridgehead atoms. The van der Waals surface area contributed by atoms with E-state index >= 15 is 4.39 Å². The van der Waals surface area contributed by atoms with Crippen LogP contribution in [0.4, 0.5) is 10.1 Å². The standard InChI is InChI=1S/C29H33ClFN3O3/c1-17(35)23-15-32-26-14-25(31)21(19-11-24(30)29(36)27(12-19)37-2)13-22(26)28(23)33-20-7-5-18(6-8-20)16-34-9-3-4-10-34/h11-15,18,20,36H,3-10,16H2,1-2H3,(H,32,33)/t18-,20-. The number of anilines is 1. The van der Waals surface area contributed by atoms with Crippen molar-refractivity contribution in [2.75, 3.05) is 32.1 Å². The number of methoxy groups -OCH3 is 1. The van der Waals surface area contributed by atoms with Crippen LogP contribution in [0.3, 0.4) is 0 Å². The number of likely N-dealkylation sites (tertiary alicyclic amines) is 1. The van der Waals surface area contributed by atoms with E-state index in [-0.39, 0.29) is 33.9 Å². The number of nitrogens with one attached hydrogen (secondary N) is 1. The Bertz CT molecular complexity index is 1320. The molecular weight excluding hydrogens is 493 g/mol. The van der Waals surface area contributed by atoms with Gasteiger partial charge in [0.15, 0.2) is 17.3 Å². The lowest BCUT2D eigenvalue weighted by atomic mass is 9.85. The number of hydrogen-bond acceptors (Lipinski definition) is 6. The minimum absolute atomic E-state index is 0.0634. The van der Waals surface area contributed by atoms with Crippen LogP contribution in [-0.2, 0) is 0 Å². The molecule has 2 N–H and O–H groups in total. The van der Waals surface area contributed by atoms with Gasteiger partial charge in [0.05, 0.1) is 28.9 Å². The maximum absolute atomic E-state index is 15.3. The number of aromatic nitrogens is 1. The number of ketones is 1. The van der Waals surface area contributed by atoms with Crippen LogP contribution in [0.25, 0.3) is 22.0 Å². The first kappa shape index (κ1) is 25.7. The summed E-state index contributed by atoms with van der Waals surface area (Å²) in [6.07, 6.45) is 8.51. The summed E-state index contributed by atoms with van der Waals surface area (Å²) in [5.41, 5.74) is 2.39. The van der Waals surface area contributed by atoms with E-state index in [0.29, 0.717) is 33.6 Å². The van der Waals surface area contributed by atoms with Gasteiger partial charge in [-0.1, -0.05) is 11.6 Å². The monoisotopic (exact) mass is 525 g/mol. The number of pyridine rings is 1. The molecule has 37 heavy (non-hydrogen) atoms. The minimum atomic E-state index is -0.479. The zero-order valence-corrected chi connectivity index (χ0v) is 22.1. The molecule has 1 aromatic heterocycles. The predicted octanol–water partition coefficient (Wildman–Crippen LogP) is 6.68. The Balaban J connectivity index is 1.47. The lowest BCUT2D eigenvalue weighted by molar-refractivity contribution is 0.101. The molecule has 1 aliphatic heterocycles. The Labute approximate surface area is 221 Å². The smallest absolute Gasteiger partial charge is 0.176 e. The Morgan fingerprint density at radius 3 is 2.59 bits per heavy atom. The van der Waals surface area contributed by atoms with Crippen molar-refractivity contribution >= 4 is 34.0 Å². The molecule has 0 atom stereocenters. The number of Topliss-reactive ketones (excluding diaryl/α,β-unsaturated/α-hetero) is 1. The molecule has 2 heterocycles. The van der Waals surface area contributed by atoms with Crippen molar-refractivity contribution in [2.24, 2.45) is 5.92 Å². The summed E-state index contributed by atoms with van der Waals surface area (Å²) in [5, 5.41) is 14.5. The van der Waals surface area contributed by atoms with E-state index in [4.69, 9.17) is 16.3 Å². The highest BCUT2D eigenvalue weighted by Crippen LogP contribution is 2.41. The van der Waals surface area contributed by atoms with Gasteiger partial charge in [-0.3, -0.25) is 9.78 Å². The number of phenolic OH excluding ortho intramolecular Hbond substituents is 1. The number of carbonyl (C=O) groups is 1. The maximum Gasteiger partial charge on any atom is 0.176 e. The van der Waals surface area contributed by atoms with Gasteiger partial charge in [0.2, 0.25) is 0 Å². The van der Waals surface area contributed by atoms with Crippen LogP contribution in [0.15, 0.2) is 30.5 Å². The summed E-state index contributed by atoms with van der Waals surface area (Å²) >= 11 is 6.19. The fourth-order valence-corrected chi connectivity index (χ4v) is 5.98. The van der Waals surface area contributed by atoms with E-state index in [1.807, 2.05) is 0 Å². The summed E-state index contributed by atoms with van der Waals surface area (Å²) in [6.45, 7) is 5.15. The summed E-state index contributed by atoms with van der Waals surface area (Å²) < 4.78 is 20.5. The number of nitrogens with zero attached hydrogens (tertiary/aromatic N) is 2. The average Bonchev–Trinajstić information content (AvgIpc) is 3.39. The van der Waals surface area contributed by atoms with Crippen molar-refractivity contribution in [3.05, 3.63) is 46.9 Å². The molecule has 0 spiro atoms. The van der Waals surface area contributed by atoms with Crippen molar-refractivity contribution in [1.82, 2.24) is 9.88 Å². The number of halogens is 2. The molecule has 6 nitrogen and oxygen atoms in total. The van der Waals surface area contributed by atoms with Gasteiger partial charge in [-0.2, -0.15) is 0 Å². The van der Waals surface area contributed by atoms with E-state index in [9.17, 15) is 9.90 Å². The van der Waals surface area contributed by atoms with E-state index in [2.05, 4.69) is 15.2 Å². The highest BCUT2D eigenvalue weighted by atomic mass is 35.5. The van der Waals surface area contributed by atoms with E-state index in [1.54, 1.807) is 12.1 Å². The molecule has 1 saturated carbocycles. The molecule has 1 aliphatic carbocycles. The number of carbonyl (C=O) groups excluding carboxylic acids is 1. The highest BCUT2D eigenvalue weighted by molar-refractivity contribution is 6.32. The Morgan fingerprint density at radius 2 is 1.92 bits per heavy atom. The first-order chi connectivity index (χ1) is 17.8. The molecule has 5 rings (SSSR count). The molecular formula is C29H33ClFN3O3. The third kappa shape index (κ3) is 5.39. The van der Waals surface area contributed by atoms with Gasteiger partial charge in [-0.25, -0.2) is 4.39 Å². The molecule has 8 heteroatoms. The molecule has 2 aliphatic rings. The van der Waals surface area contributed by atoms with Gasteiger partial charge < -0.3 is 20.1 Å². The molecule has 0 unspecified atom stereocenters. The number of rotatable bonds is 7. The van der Waals surface area contributed by atoms with Crippen LogP contribution in [0, 0.1) is 11.7 Å². The lowest BCUT2D eigenvalue weighted by Crippen LogP contribution is -2.33. The molecule has 1 saturated heterocycles. The van der Waals surface area contributed by atoms with Crippen LogP contribution < -0.4 is 10.1 Å². The molecule has 0 amide bonds. The summed E-state index contributed by atoms with van der Waals surface area (Å²) in [5.74, 6) is 0.0964. The Kier molecular flexibility index (Phi) is 7.54. The lowest BCUT2D eigenvalue weighted by Gasteiger charge is -2.32. The topological polar surface area (TPSA) is 74.7 Å². The van der Waals surface area contributed by atoms with Crippen LogP contribution >= 0.6 is 11.6 Å². The fourth-order valence-electron chi connectivity index (χ4n) is 5.77. The summed E-state index contributed by atoms with van der Waals surface area (Å²) in [6, 6.07) is 6.35. The van der Waals surface area contributed by atoms with E-state index < -0.39 is 5.82 Å². The average molecular weight is 526 g/mol. The second-order valence-electron chi connectivity index (χ2n) is 10.3. The van der Waals surface area contributed by atoms with Crippen LogP contribution in [0.1, 0.15) is 55.8 Å². The molecule has 3 aromatic rings. The molecule has 2 fully saturated rings. The number of ether oxygens (including phenoxy) is 1. The number of aromatic hydroxyl groups is 1. The van der Waals surface area contributed by atoms with Crippen LogP contribution in [0.5, 0.6) is 11.5 Å². The molecule has 2 aromatic carbocycles. The highest BCUT2D eigenvalue weighted by Gasteiger charge is 2.26. The van der Waals surface area contributed by atoms with Crippen molar-refractivity contribution in [3.8, 4) is 22.6 Å². The fraction of sp³-hybridized carbons (Fsp3) is 0.448. The maximum atomic E-state index is 15.3. The third-order valence-electron chi connectivity index (χ3n) is 7.81. The van der Waals surface area contributed by atoms with E-state index in [0.717, 1.165) is 25.7 Å². The minimum Gasteiger partial charge on any atom is -0.503 e. The number of hydrogen-bond donors (Lipinski definition) is 2. The van der Waals surface area contributed by atoms with Gasteiger partial charge >= 0.3 is 0 Å². The first-order valence-corrected chi connectivity index (χ1v) is 13.4. The quantitative estimate of drug-likeness (QED) is 0.335. The van der Waals surface area contributed by atoms with Crippen molar-refractivity contribution < 1.29 is 19.0 Å². The predicted molar refractivity (Wildman–Crippen MR) is 145 cm³/mol. The summed E-state index contributed by atoms with van der Waals surface area (Å²) in [4.78, 5) is 19.5. The number of phenols is 1. The van der Waals surface area contributed by atoms with E-state index in [1.165, 1.54) is 64.8 Å². The van der Waals surface area contributed by atoms with Crippen LogP contribution in [0.2, 0.25) is 5.02 Å². The Hall–Kier alpha value is -2.90. The van der Waals surface area contributed by atoms with Gasteiger partial charge in [0, 0.05) is 35.8 Å². The zero-order valence-electron chi connectivity index (χ0n) is 21.3. The summed E-state index contributed by atoms with van der Waals surface area (Å²) in [7, 11) is 1.41. The number of benzene rings is 2. The second-order valence-corrected chi connectivity index (χ2v) is 10.7. The van der Waals surface area contributed by atoms with Crippen LogP contribution in [-0.4, -0.2) is 53.6 Å². The van der Waals surface area contributed by atoms with Crippen molar-refractivity contribution in [3.63, 3.8) is 0 Å². The molecule has 196 valence electrons.